The van der Waals surface area contributed by atoms with E-state index in [1.165, 1.54) is 18.4 Å². The highest BCUT2D eigenvalue weighted by atomic mass is 16.5. The van der Waals surface area contributed by atoms with Gasteiger partial charge in [-0.15, -0.1) is 0 Å². The van der Waals surface area contributed by atoms with Gasteiger partial charge in [-0.2, -0.15) is 0 Å². The molecule has 26 heavy (non-hydrogen) atoms. The topological polar surface area (TPSA) is 30.5 Å². The minimum Gasteiger partial charge on any atom is -0.457 e. The maximum atomic E-state index is 5.91. The molecule has 0 aromatic heterocycles. The van der Waals surface area contributed by atoms with Gasteiger partial charge in [-0.1, -0.05) is 43.7 Å². The van der Waals surface area contributed by atoms with Crippen LogP contribution in [0.2, 0.25) is 0 Å². The highest BCUT2D eigenvalue weighted by Gasteiger charge is 2.01. The van der Waals surface area contributed by atoms with Gasteiger partial charge in [0.05, 0.1) is 0 Å². The molecule has 0 bridgehead atoms. The second kappa shape index (κ2) is 9.64. The summed E-state index contributed by atoms with van der Waals surface area (Å²) < 4.78 is 11.7. The summed E-state index contributed by atoms with van der Waals surface area (Å²) >= 11 is 0. The Hall–Kier alpha value is -2.78. The number of unbranched alkanes of at least 4 members (excludes halogenated alkanes) is 1. The van der Waals surface area contributed by atoms with E-state index in [-0.39, 0.29) is 0 Å². The number of hydrogen-bond donors (Lipinski definition) is 1. The van der Waals surface area contributed by atoms with E-state index in [0.29, 0.717) is 0 Å². The van der Waals surface area contributed by atoms with Crippen LogP contribution in [0.1, 0.15) is 25.3 Å². The van der Waals surface area contributed by atoms with Crippen molar-refractivity contribution in [1.82, 2.24) is 5.32 Å². The summed E-state index contributed by atoms with van der Waals surface area (Å²) in [6.45, 7) is 4.16. The fourth-order valence-electron chi connectivity index (χ4n) is 2.55. The third-order valence-electron chi connectivity index (χ3n) is 4.00. The largest absolute Gasteiger partial charge is 0.457 e. The zero-order valence-corrected chi connectivity index (χ0v) is 15.2. The lowest BCUT2D eigenvalue weighted by molar-refractivity contribution is 0.469. The van der Waals surface area contributed by atoms with Crippen molar-refractivity contribution in [2.75, 3.05) is 6.54 Å². The Labute approximate surface area is 155 Å². The summed E-state index contributed by atoms with van der Waals surface area (Å²) in [5.41, 5.74) is 1.26. The van der Waals surface area contributed by atoms with Crippen LogP contribution in [-0.2, 0) is 6.54 Å². The fraction of sp³-hybridized carbons (Fsp3) is 0.217. The highest BCUT2D eigenvalue weighted by Crippen LogP contribution is 2.26. The molecule has 0 fully saturated rings. The molecule has 3 heteroatoms. The fourth-order valence-corrected chi connectivity index (χ4v) is 2.55. The van der Waals surface area contributed by atoms with Crippen molar-refractivity contribution in [3.8, 4) is 23.0 Å². The molecule has 0 atom stereocenters. The van der Waals surface area contributed by atoms with Gasteiger partial charge in [0.25, 0.3) is 0 Å². The number of benzene rings is 3. The Morgan fingerprint density at radius 1 is 0.654 bits per heavy atom. The normalized spacial score (nSPS) is 10.5. The summed E-state index contributed by atoms with van der Waals surface area (Å²) in [7, 11) is 0. The molecule has 1 N–H and O–H groups in total. The third kappa shape index (κ3) is 5.64. The zero-order chi connectivity index (χ0) is 18.0. The predicted octanol–water partition coefficient (Wildman–Crippen LogP) is 6.16. The number of ether oxygens (including phenoxy) is 2. The van der Waals surface area contributed by atoms with Crippen LogP contribution in [0.15, 0.2) is 78.9 Å². The molecule has 0 aliphatic carbocycles. The smallest absolute Gasteiger partial charge is 0.127 e. The lowest BCUT2D eigenvalue weighted by atomic mass is 10.2. The van der Waals surface area contributed by atoms with E-state index in [1.807, 2.05) is 66.7 Å². The average Bonchev–Trinajstić information content (AvgIpc) is 2.69. The summed E-state index contributed by atoms with van der Waals surface area (Å²) in [5, 5.41) is 3.44. The van der Waals surface area contributed by atoms with Gasteiger partial charge >= 0.3 is 0 Å². The van der Waals surface area contributed by atoms with Crippen molar-refractivity contribution < 1.29 is 9.47 Å². The molecule has 0 spiro atoms. The minimum absolute atomic E-state index is 0.789. The van der Waals surface area contributed by atoms with Gasteiger partial charge in [-0.3, -0.25) is 0 Å². The molecule has 0 unspecified atom stereocenters. The quantitative estimate of drug-likeness (QED) is 0.470. The first-order valence-electron chi connectivity index (χ1n) is 9.14. The number of rotatable bonds is 9. The van der Waals surface area contributed by atoms with Crippen LogP contribution in [0.3, 0.4) is 0 Å². The lowest BCUT2D eigenvalue weighted by Gasteiger charge is -2.09. The number of para-hydroxylation sites is 1. The Morgan fingerprint density at radius 3 is 1.69 bits per heavy atom. The van der Waals surface area contributed by atoms with Crippen molar-refractivity contribution in [2.24, 2.45) is 0 Å². The van der Waals surface area contributed by atoms with Crippen molar-refractivity contribution in [3.63, 3.8) is 0 Å². The second-order valence-electron chi connectivity index (χ2n) is 6.16. The standard InChI is InChI=1S/C23H25NO2/c1-2-3-17-24-18-19-9-11-21(12-10-19)26-23-15-13-22(14-16-23)25-20-7-5-4-6-8-20/h4-16,24H,2-3,17-18H2,1H3. The lowest BCUT2D eigenvalue weighted by Crippen LogP contribution is -2.14. The molecule has 3 aromatic rings. The van der Waals surface area contributed by atoms with Crippen LogP contribution in [0.4, 0.5) is 0 Å². The van der Waals surface area contributed by atoms with Gasteiger partial charge in [0, 0.05) is 6.54 Å². The first-order valence-corrected chi connectivity index (χ1v) is 9.14. The van der Waals surface area contributed by atoms with Crippen molar-refractivity contribution >= 4 is 0 Å². The SMILES string of the molecule is CCCCNCc1ccc(Oc2ccc(Oc3ccccc3)cc2)cc1. The molecule has 0 amide bonds. The van der Waals surface area contributed by atoms with Gasteiger partial charge in [-0.05, 0) is 67.1 Å². The Kier molecular flexibility index (Phi) is 6.68. The molecule has 3 rings (SSSR count). The molecular weight excluding hydrogens is 322 g/mol. The van der Waals surface area contributed by atoms with Crippen LogP contribution >= 0.6 is 0 Å². The van der Waals surface area contributed by atoms with E-state index in [4.69, 9.17) is 9.47 Å². The summed E-state index contributed by atoms with van der Waals surface area (Å²) in [6.07, 6.45) is 2.43. The molecular formula is C23H25NO2. The summed E-state index contributed by atoms with van der Waals surface area (Å²) in [4.78, 5) is 0. The van der Waals surface area contributed by atoms with E-state index < -0.39 is 0 Å². The van der Waals surface area contributed by atoms with E-state index in [2.05, 4.69) is 24.4 Å². The molecule has 0 aliphatic heterocycles. The molecule has 0 saturated carbocycles. The van der Waals surface area contributed by atoms with Crippen molar-refractivity contribution in [2.45, 2.75) is 26.3 Å². The van der Waals surface area contributed by atoms with Crippen LogP contribution in [-0.4, -0.2) is 6.54 Å². The molecule has 0 saturated heterocycles. The van der Waals surface area contributed by atoms with Crippen molar-refractivity contribution in [3.05, 3.63) is 84.4 Å². The van der Waals surface area contributed by atoms with Crippen LogP contribution in [0.25, 0.3) is 0 Å². The van der Waals surface area contributed by atoms with Crippen LogP contribution in [0, 0.1) is 0 Å². The number of nitrogens with one attached hydrogen (secondary N) is 1. The van der Waals surface area contributed by atoms with Gasteiger partial charge < -0.3 is 14.8 Å². The van der Waals surface area contributed by atoms with Gasteiger partial charge in [0.2, 0.25) is 0 Å². The molecule has 0 aliphatic rings. The predicted molar refractivity (Wildman–Crippen MR) is 106 cm³/mol. The monoisotopic (exact) mass is 347 g/mol. The second-order valence-corrected chi connectivity index (χ2v) is 6.16. The van der Waals surface area contributed by atoms with E-state index in [0.717, 1.165) is 36.1 Å². The third-order valence-corrected chi connectivity index (χ3v) is 4.00. The highest BCUT2D eigenvalue weighted by molar-refractivity contribution is 5.38. The molecule has 3 aromatic carbocycles. The van der Waals surface area contributed by atoms with Gasteiger partial charge in [-0.25, -0.2) is 0 Å². The van der Waals surface area contributed by atoms with E-state index in [1.54, 1.807) is 0 Å². The molecule has 0 radical (unpaired) electrons. The Bertz CT molecular complexity index is 768. The average molecular weight is 347 g/mol. The summed E-state index contributed by atoms with van der Waals surface area (Å²) in [5.74, 6) is 3.24. The van der Waals surface area contributed by atoms with E-state index in [9.17, 15) is 0 Å². The number of hydrogen-bond acceptors (Lipinski definition) is 3. The Morgan fingerprint density at radius 2 is 1.15 bits per heavy atom. The van der Waals surface area contributed by atoms with Gasteiger partial charge in [0.1, 0.15) is 23.0 Å². The molecule has 134 valence electrons. The zero-order valence-electron chi connectivity index (χ0n) is 15.2. The first kappa shape index (κ1) is 18.0. The van der Waals surface area contributed by atoms with E-state index >= 15 is 0 Å². The minimum atomic E-state index is 0.789. The Balaban J connectivity index is 1.52. The van der Waals surface area contributed by atoms with Gasteiger partial charge in [0.15, 0.2) is 0 Å². The molecule has 0 heterocycles. The summed E-state index contributed by atoms with van der Waals surface area (Å²) in [6, 6.07) is 25.6. The van der Waals surface area contributed by atoms with Crippen LogP contribution < -0.4 is 14.8 Å². The molecule has 3 nitrogen and oxygen atoms in total. The maximum absolute atomic E-state index is 5.91. The maximum Gasteiger partial charge on any atom is 0.127 e. The van der Waals surface area contributed by atoms with Crippen molar-refractivity contribution in [1.29, 1.82) is 0 Å². The van der Waals surface area contributed by atoms with Crippen LogP contribution in [0.5, 0.6) is 23.0 Å². The first-order chi connectivity index (χ1) is 12.8.